The molecule has 0 radical (unpaired) electrons. The number of benzene rings is 2. The summed E-state index contributed by atoms with van der Waals surface area (Å²) in [6.45, 7) is 12.0. The Morgan fingerprint density at radius 2 is 1.43 bits per heavy atom. The Balaban J connectivity index is 0.000000480. The van der Waals surface area contributed by atoms with Crippen LogP contribution in [0.2, 0.25) is 0 Å². The number of esters is 1. The van der Waals surface area contributed by atoms with Crippen LogP contribution in [0.4, 0.5) is 0 Å². The van der Waals surface area contributed by atoms with Crippen LogP contribution in [0.25, 0.3) is 12.2 Å². The third kappa shape index (κ3) is 9.04. The van der Waals surface area contributed by atoms with Gasteiger partial charge in [0, 0.05) is 6.08 Å². The van der Waals surface area contributed by atoms with Crippen LogP contribution in [-0.2, 0) is 14.9 Å². The van der Waals surface area contributed by atoms with Gasteiger partial charge in [-0.2, -0.15) is 0 Å². The molecule has 0 atom stereocenters. The fourth-order valence-electron chi connectivity index (χ4n) is 2.21. The minimum absolute atomic E-state index is 0.195. The maximum absolute atomic E-state index is 10.1. The molecule has 2 aromatic rings. The number of ether oxygens (including phenoxy) is 1. The summed E-state index contributed by atoms with van der Waals surface area (Å²) in [5.74, 6) is -0.0656. The Bertz CT molecular complexity index is 789. The highest BCUT2D eigenvalue weighted by Gasteiger charge is 2.12. The number of carbonyl (C=O) groups excluding carboxylic acids is 1. The fourth-order valence-corrected chi connectivity index (χ4v) is 2.21. The van der Waals surface area contributed by atoms with Gasteiger partial charge in [0.2, 0.25) is 0 Å². The standard InChI is InChI=1S/C20H22O.C5H8O2/c1-20(2,3)18-12-8-16(9-13-18)6-4-5-7-17-10-14-19(21)15-11-17;1-3-5(6)7-4-2/h4-15,21H,1-3H3;3H,1,4H2,2H3. The van der Waals surface area contributed by atoms with Gasteiger partial charge in [-0.1, -0.05) is 88.1 Å². The minimum atomic E-state index is -0.359. The van der Waals surface area contributed by atoms with Crippen LogP contribution < -0.4 is 0 Å². The molecular weight excluding hydrogens is 348 g/mol. The molecule has 148 valence electrons. The predicted molar refractivity (Wildman–Crippen MR) is 118 cm³/mol. The molecule has 0 saturated carbocycles. The summed E-state index contributed by atoms with van der Waals surface area (Å²) in [6, 6.07) is 15.8. The molecule has 2 aromatic carbocycles. The van der Waals surface area contributed by atoms with E-state index < -0.39 is 0 Å². The molecule has 3 nitrogen and oxygen atoms in total. The second-order valence-corrected chi connectivity index (χ2v) is 7.14. The van der Waals surface area contributed by atoms with E-state index in [1.54, 1.807) is 19.1 Å². The topological polar surface area (TPSA) is 46.5 Å². The molecule has 1 N–H and O–H groups in total. The van der Waals surface area contributed by atoms with Crippen molar-refractivity contribution in [1.29, 1.82) is 0 Å². The van der Waals surface area contributed by atoms with Crippen molar-refractivity contribution in [3.8, 4) is 5.75 Å². The summed E-state index contributed by atoms with van der Waals surface area (Å²) in [5.41, 5.74) is 3.80. The Morgan fingerprint density at radius 3 is 1.79 bits per heavy atom. The van der Waals surface area contributed by atoms with Crippen molar-refractivity contribution in [3.05, 3.63) is 90.0 Å². The number of phenolic OH excluding ortho intramolecular Hbond substituents is 1. The summed E-state index contributed by atoms with van der Waals surface area (Å²) in [4.78, 5) is 10.1. The first-order valence-corrected chi connectivity index (χ1v) is 9.29. The largest absolute Gasteiger partial charge is 0.508 e. The van der Waals surface area contributed by atoms with Crippen molar-refractivity contribution in [2.45, 2.75) is 33.1 Å². The quantitative estimate of drug-likeness (QED) is 0.385. The zero-order chi connectivity index (χ0) is 21.0. The van der Waals surface area contributed by atoms with Gasteiger partial charge in [0.1, 0.15) is 5.75 Å². The Morgan fingerprint density at radius 1 is 0.964 bits per heavy atom. The SMILES string of the molecule is C=CC(=O)OCC.CC(C)(C)c1ccc(C=CC=Cc2ccc(O)cc2)cc1. The molecule has 0 fully saturated rings. The number of aromatic hydroxyl groups is 1. The first kappa shape index (κ1) is 23.0. The lowest BCUT2D eigenvalue weighted by Gasteiger charge is -2.18. The van der Waals surface area contributed by atoms with Crippen molar-refractivity contribution >= 4 is 18.1 Å². The molecule has 0 aromatic heterocycles. The number of hydrogen-bond acceptors (Lipinski definition) is 3. The molecule has 0 saturated heterocycles. The molecule has 2 rings (SSSR count). The average molecular weight is 379 g/mol. The van der Waals surface area contributed by atoms with Crippen LogP contribution in [-0.4, -0.2) is 17.7 Å². The lowest BCUT2D eigenvalue weighted by molar-refractivity contribution is -0.137. The predicted octanol–water partition coefficient (Wildman–Crippen LogP) is 6.15. The van der Waals surface area contributed by atoms with Crippen LogP contribution in [0, 0.1) is 0 Å². The molecule has 0 aliphatic rings. The third-order valence-electron chi connectivity index (χ3n) is 3.81. The van der Waals surface area contributed by atoms with Gasteiger partial charge in [0.25, 0.3) is 0 Å². The number of rotatable bonds is 5. The Kier molecular flexibility index (Phi) is 9.52. The highest BCUT2D eigenvalue weighted by atomic mass is 16.5. The summed E-state index contributed by atoms with van der Waals surface area (Å²) in [5, 5.41) is 9.22. The van der Waals surface area contributed by atoms with Crippen LogP contribution in [0.1, 0.15) is 44.4 Å². The molecule has 0 aliphatic heterocycles. The van der Waals surface area contributed by atoms with E-state index in [0.717, 1.165) is 11.6 Å². The van der Waals surface area contributed by atoms with E-state index in [-0.39, 0.29) is 11.4 Å². The summed E-state index contributed by atoms with van der Waals surface area (Å²) in [7, 11) is 0. The first-order valence-electron chi connectivity index (χ1n) is 9.29. The summed E-state index contributed by atoms with van der Waals surface area (Å²) < 4.78 is 4.43. The Labute approximate surface area is 168 Å². The molecular formula is C25H30O3. The van der Waals surface area contributed by atoms with Gasteiger partial charge in [-0.15, -0.1) is 0 Å². The van der Waals surface area contributed by atoms with Gasteiger partial charge in [0.05, 0.1) is 6.61 Å². The molecule has 0 amide bonds. The average Bonchev–Trinajstić information content (AvgIpc) is 2.67. The molecule has 0 aliphatic carbocycles. The van der Waals surface area contributed by atoms with Crippen LogP contribution in [0.3, 0.4) is 0 Å². The summed E-state index contributed by atoms with van der Waals surface area (Å²) in [6.07, 6.45) is 9.27. The Hall–Kier alpha value is -3.07. The van der Waals surface area contributed by atoms with Gasteiger partial charge in [-0.3, -0.25) is 0 Å². The first-order chi connectivity index (χ1) is 13.3. The number of hydrogen-bond donors (Lipinski definition) is 1. The summed E-state index contributed by atoms with van der Waals surface area (Å²) >= 11 is 0. The number of phenols is 1. The van der Waals surface area contributed by atoms with Crippen LogP contribution in [0.15, 0.2) is 73.3 Å². The maximum Gasteiger partial charge on any atom is 0.330 e. The second kappa shape index (κ2) is 11.6. The van der Waals surface area contributed by atoms with Crippen molar-refractivity contribution in [2.75, 3.05) is 6.61 Å². The molecule has 0 heterocycles. The normalized spacial score (nSPS) is 11.1. The smallest absolute Gasteiger partial charge is 0.330 e. The molecule has 0 unspecified atom stereocenters. The highest BCUT2D eigenvalue weighted by Crippen LogP contribution is 2.22. The van der Waals surface area contributed by atoms with E-state index in [2.05, 4.69) is 62.4 Å². The van der Waals surface area contributed by atoms with Gasteiger partial charge in [-0.05, 0) is 41.2 Å². The lowest BCUT2D eigenvalue weighted by atomic mass is 9.87. The van der Waals surface area contributed by atoms with Crippen molar-refractivity contribution in [2.24, 2.45) is 0 Å². The molecule has 3 heteroatoms. The maximum atomic E-state index is 10.1. The molecule has 0 bridgehead atoms. The molecule has 0 spiro atoms. The zero-order valence-corrected chi connectivity index (χ0v) is 17.2. The fraction of sp³-hybridized carbons (Fsp3) is 0.240. The van der Waals surface area contributed by atoms with Gasteiger partial charge in [0.15, 0.2) is 0 Å². The van der Waals surface area contributed by atoms with E-state index in [0.29, 0.717) is 12.4 Å². The second-order valence-electron chi connectivity index (χ2n) is 7.14. The van der Waals surface area contributed by atoms with Crippen LogP contribution >= 0.6 is 0 Å². The van der Waals surface area contributed by atoms with Crippen molar-refractivity contribution in [3.63, 3.8) is 0 Å². The van der Waals surface area contributed by atoms with Gasteiger partial charge in [-0.25, -0.2) is 4.79 Å². The minimum Gasteiger partial charge on any atom is -0.508 e. The van der Waals surface area contributed by atoms with Crippen molar-refractivity contribution < 1.29 is 14.6 Å². The van der Waals surface area contributed by atoms with Crippen molar-refractivity contribution in [1.82, 2.24) is 0 Å². The van der Waals surface area contributed by atoms with E-state index in [4.69, 9.17) is 0 Å². The van der Waals surface area contributed by atoms with E-state index in [1.165, 1.54) is 11.1 Å². The van der Waals surface area contributed by atoms with E-state index >= 15 is 0 Å². The number of carbonyl (C=O) groups is 1. The zero-order valence-electron chi connectivity index (χ0n) is 17.2. The monoisotopic (exact) mass is 378 g/mol. The van der Waals surface area contributed by atoms with Crippen LogP contribution in [0.5, 0.6) is 5.75 Å². The highest BCUT2D eigenvalue weighted by molar-refractivity contribution is 5.81. The van der Waals surface area contributed by atoms with E-state index in [1.807, 2.05) is 30.4 Å². The van der Waals surface area contributed by atoms with Gasteiger partial charge < -0.3 is 9.84 Å². The lowest BCUT2D eigenvalue weighted by Crippen LogP contribution is -2.10. The van der Waals surface area contributed by atoms with Gasteiger partial charge >= 0.3 is 5.97 Å². The molecule has 28 heavy (non-hydrogen) atoms. The number of allylic oxidation sites excluding steroid dienone is 2. The van der Waals surface area contributed by atoms with E-state index in [9.17, 15) is 9.90 Å². The third-order valence-corrected chi connectivity index (χ3v) is 3.81.